The summed E-state index contributed by atoms with van der Waals surface area (Å²) >= 11 is 0. The molecular formula is C7H14O4. The fourth-order valence-corrected chi connectivity index (χ4v) is 0.111. The molecule has 0 aliphatic rings. The Morgan fingerprint density at radius 3 is 1.82 bits per heavy atom. The second-order valence-electron chi connectivity index (χ2n) is 1.98. The van der Waals surface area contributed by atoms with E-state index in [2.05, 4.69) is 9.47 Å². The van der Waals surface area contributed by atoms with E-state index in [-0.39, 0.29) is 12.1 Å². The van der Waals surface area contributed by atoms with Crippen molar-refractivity contribution in [3.8, 4) is 0 Å². The molecule has 0 aliphatic heterocycles. The Morgan fingerprint density at radius 2 is 1.82 bits per heavy atom. The molecule has 0 spiro atoms. The smallest absolute Gasteiger partial charge is 0.302 e. The molecule has 0 atom stereocenters. The van der Waals surface area contributed by atoms with Crippen molar-refractivity contribution < 1.29 is 19.1 Å². The number of esters is 1. The summed E-state index contributed by atoms with van der Waals surface area (Å²) in [6.45, 7) is 5.41. The van der Waals surface area contributed by atoms with Gasteiger partial charge in [-0.3, -0.25) is 9.59 Å². The molecule has 0 radical (unpaired) electrons. The predicted octanol–water partition coefficient (Wildman–Crippen LogP) is 0.747. The van der Waals surface area contributed by atoms with Crippen molar-refractivity contribution in [1.82, 2.24) is 0 Å². The van der Waals surface area contributed by atoms with E-state index >= 15 is 0 Å². The van der Waals surface area contributed by atoms with Crippen molar-refractivity contribution in [2.24, 2.45) is 0 Å². The van der Waals surface area contributed by atoms with Crippen LogP contribution in [0.15, 0.2) is 0 Å². The average Bonchev–Trinajstić information content (AvgIpc) is 1.89. The normalized spacial score (nSPS) is 7.73. The van der Waals surface area contributed by atoms with Crippen LogP contribution in [0.1, 0.15) is 20.8 Å². The fourth-order valence-electron chi connectivity index (χ4n) is 0.111. The maximum Gasteiger partial charge on any atom is 0.302 e. The van der Waals surface area contributed by atoms with Gasteiger partial charge in [-0.2, -0.15) is 0 Å². The Hall–Kier alpha value is -1.06. The van der Waals surface area contributed by atoms with Crippen LogP contribution in [0.2, 0.25) is 0 Å². The number of carbonyl (C=O) groups excluding carboxylic acids is 2. The molecule has 0 saturated carbocycles. The molecule has 0 rings (SSSR count). The zero-order chi connectivity index (χ0) is 9.28. The summed E-state index contributed by atoms with van der Waals surface area (Å²) in [5, 5.41) is 0. The van der Waals surface area contributed by atoms with Crippen molar-refractivity contribution in [3.63, 3.8) is 0 Å². The summed E-state index contributed by atoms with van der Waals surface area (Å²) in [6, 6.07) is 0. The summed E-state index contributed by atoms with van der Waals surface area (Å²) < 4.78 is 8.47. The van der Waals surface area contributed by atoms with Crippen LogP contribution in [-0.4, -0.2) is 25.7 Å². The van der Waals surface area contributed by atoms with E-state index < -0.39 is 0 Å². The summed E-state index contributed by atoms with van der Waals surface area (Å²) in [5.74, 6) is -0.245. The van der Waals surface area contributed by atoms with Gasteiger partial charge in [-0.05, 0) is 13.8 Å². The fraction of sp³-hybridized carbons (Fsp3) is 0.714. The van der Waals surface area contributed by atoms with Crippen LogP contribution in [0.3, 0.4) is 0 Å². The highest BCUT2D eigenvalue weighted by Crippen LogP contribution is 1.79. The molecule has 0 fully saturated rings. The van der Waals surface area contributed by atoms with Gasteiger partial charge in [0.1, 0.15) is 0 Å². The second-order valence-corrected chi connectivity index (χ2v) is 1.98. The van der Waals surface area contributed by atoms with Crippen molar-refractivity contribution in [1.29, 1.82) is 0 Å². The molecule has 0 aromatic rings. The molecule has 66 valence electrons. The summed E-state index contributed by atoms with van der Waals surface area (Å²) in [5.41, 5.74) is 0. The van der Waals surface area contributed by atoms with Crippen LogP contribution in [0.25, 0.3) is 0 Å². The van der Waals surface area contributed by atoms with Gasteiger partial charge in [0, 0.05) is 6.92 Å². The first-order valence-corrected chi connectivity index (χ1v) is 3.18. The first-order valence-electron chi connectivity index (χ1n) is 3.18. The van der Waals surface area contributed by atoms with E-state index in [1.165, 1.54) is 14.0 Å². The lowest BCUT2D eigenvalue weighted by atomic mass is 10.5. The predicted molar refractivity (Wildman–Crippen MR) is 40.0 cm³/mol. The number of hydrogen-bond donors (Lipinski definition) is 0. The SMILES string of the molecule is CC(C)OC=O.COC(C)=O. The van der Waals surface area contributed by atoms with Crippen LogP contribution >= 0.6 is 0 Å². The van der Waals surface area contributed by atoms with E-state index in [4.69, 9.17) is 0 Å². The maximum absolute atomic E-state index is 9.59. The zero-order valence-electron chi connectivity index (χ0n) is 7.29. The molecule has 11 heavy (non-hydrogen) atoms. The number of ether oxygens (including phenoxy) is 2. The Morgan fingerprint density at radius 1 is 1.45 bits per heavy atom. The second kappa shape index (κ2) is 8.94. The topological polar surface area (TPSA) is 52.6 Å². The van der Waals surface area contributed by atoms with Crippen LogP contribution in [0, 0.1) is 0 Å². The molecule has 0 heterocycles. The van der Waals surface area contributed by atoms with E-state index in [1.54, 1.807) is 13.8 Å². The van der Waals surface area contributed by atoms with Crippen molar-refractivity contribution in [2.45, 2.75) is 26.9 Å². The molecule has 0 saturated heterocycles. The van der Waals surface area contributed by atoms with E-state index in [0.29, 0.717) is 6.47 Å². The standard InChI is InChI=1S/C4H8O2.C3H6O2/c1-4(2)6-3-5;1-3(4)5-2/h3-4H,1-2H3;1-2H3. The largest absolute Gasteiger partial charge is 0.469 e. The van der Waals surface area contributed by atoms with Gasteiger partial charge in [0.25, 0.3) is 6.47 Å². The lowest BCUT2D eigenvalue weighted by molar-refractivity contribution is -0.138. The first-order chi connectivity index (χ1) is 5.04. The van der Waals surface area contributed by atoms with E-state index in [9.17, 15) is 9.59 Å². The van der Waals surface area contributed by atoms with Crippen LogP contribution in [0.4, 0.5) is 0 Å². The van der Waals surface area contributed by atoms with Gasteiger partial charge in [-0.15, -0.1) is 0 Å². The summed E-state index contributed by atoms with van der Waals surface area (Å²) in [7, 11) is 1.35. The third kappa shape index (κ3) is 27.7. The van der Waals surface area contributed by atoms with Gasteiger partial charge in [0.15, 0.2) is 0 Å². The van der Waals surface area contributed by atoms with Gasteiger partial charge in [-0.25, -0.2) is 0 Å². The maximum atomic E-state index is 9.59. The van der Waals surface area contributed by atoms with Gasteiger partial charge >= 0.3 is 5.97 Å². The Balaban J connectivity index is 0. The number of methoxy groups -OCH3 is 1. The Labute approximate surface area is 66.5 Å². The Bertz CT molecular complexity index is 109. The van der Waals surface area contributed by atoms with Gasteiger partial charge in [-0.1, -0.05) is 0 Å². The summed E-state index contributed by atoms with van der Waals surface area (Å²) in [4.78, 5) is 19.0. The lowest BCUT2D eigenvalue weighted by Crippen LogP contribution is -1.98. The molecular weight excluding hydrogens is 148 g/mol. The number of rotatable bonds is 2. The van der Waals surface area contributed by atoms with Gasteiger partial charge in [0.05, 0.1) is 13.2 Å². The summed E-state index contributed by atoms with van der Waals surface area (Å²) in [6.07, 6.45) is 0.0301. The monoisotopic (exact) mass is 162 g/mol. The van der Waals surface area contributed by atoms with E-state index in [0.717, 1.165) is 0 Å². The van der Waals surface area contributed by atoms with Crippen molar-refractivity contribution in [3.05, 3.63) is 0 Å². The molecule has 0 aliphatic carbocycles. The molecule has 0 aromatic heterocycles. The first kappa shape index (κ1) is 12.6. The third-order valence-electron chi connectivity index (χ3n) is 0.615. The highest BCUT2D eigenvalue weighted by molar-refractivity contribution is 5.65. The minimum absolute atomic E-state index is 0.0301. The van der Waals surface area contributed by atoms with Gasteiger partial charge in [0.2, 0.25) is 0 Å². The third-order valence-corrected chi connectivity index (χ3v) is 0.615. The highest BCUT2D eigenvalue weighted by atomic mass is 16.5. The van der Waals surface area contributed by atoms with Crippen LogP contribution < -0.4 is 0 Å². The highest BCUT2D eigenvalue weighted by Gasteiger charge is 1.83. The lowest BCUT2D eigenvalue weighted by Gasteiger charge is -1.96. The molecule has 0 bridgehead atoms. The molecule has 4 nitrogen and oxygen atoms in total. The molecule has 4 heteroatoms. The van der Waals surface area contributed by atoms with Crippen LogP contribution in [-0.2, 0) is 19.1 Å². The van der Waals surface area contributed by atoms with Crippen LogP contribution in [0.5, 0.6) is 0 Å². The van der Waals surface area contributed by atoms with Gasteiger partial charge < -0.3 is 9.47 Å². The van der Waals surface area contributed by atoms with Crippen molar-refractivity contribution in [2.75, 3.05) is 7.11 Å². The quantitative estimate of drug-likeness (QED) is 0.444. The molecule has 0 N–H and O–H groups in total. The minimum atomic E-state index is -0.245. The van der Waals surface area contributed by atoms with E-state index in [1.807, 2.05) is 0 Å². The van der Waals surface area contributed by atoms with Crippen molar-refractivity contribution >= 4 is 12.4 Å². The molecule has 0 unspecified atom stereocenters. The number of carbonyl (C=O) groups is 2. The Kier molecular flexibility index (Phi) is 10.2. The minimum Gasteiger partial charge on any atom is -0.469 e. The number of hydrogen-bond acceptors (Lipinski definition) is 4. The molecule has 0 aromatic carbocycles. The molecule has 0 amide bonds. The zero-order valence-corrected chi connectivity index (χ0v) is 7.29. The average molecular weight is 162 g/mol.